The number of methoxy groups -OCH3 is 1. The van der Waals surface area contributed by atoms with Crippen LogP contribution in [0.1, 0.15) is 11.1 Å². The van der Waals surface area contributed by atoms with Gasteiger partial charge in [-0.25, -0.2) is 0 Å². The normalized spacial score (nSPS) is 10.5. The number of rotatable bonds is 6. The van der Waals surface area contributed by atoms with Crippen LogP contribution < -0.4 is 14.8 Å². The second-order valence-electron chi connectivity index (χ2n) is 4.80. The number of nitrogens with one attached hydrogen (secondary N) is 1. The Hall–Kier alpha value is -3.40. The summed E-state index contributed by atoms with van der Waals surface area (Å²) in [5.74, 6) is -0.330. The van der Waals surface area contributed by atoms with Crippen LogP contribution in [0.15, 0.2) is 48.5 Å². The smallest absolute Gasteiger partial charge is 0.387 e. The number of anilines is 1. The van der Waals surface area contributed by atoms with Crippen LogP contribution in [-0.4, -0.2) is 19.6 Å². The summed E-state index contributed by atoms with van der Waals surface area (Å²) in [4.78, 5) is 11.9. The molecule has 2 aromatic carbocycles. The van der Waals surface area contributed by atoms with Gasteiger partial charge < -0.3 is 14.8 Å². The Bertz CT molecular complexity index is 812. The first kappa shape index (κ1) is 17.9. The van der Waals surface area contributed by atoms with E-state index in [0.29, 0.717) is 16.8 Å². The van der Waals surface area contributed by atoms with E-state index in [2.05, 4.69) is 10.1 Å². The predicted octanol–water partition coefficient (Wildman–Crippen LogP) is 3.82. The van der Waals surface area contributed by atoms with Crippen LogP contribution in [0.5, 0.6) is 11.5 Å². The van der Waals surface area contributed by atoms with Crippen LogP contribution in [0.2, 0.25) is 0 Å². The quantitative estimate of drug-likeness (QED) is 0.809. The fourth-order valence-corrected chi connectivity index (χ4v) is 1.97. The van der Waals surface area contributed by atoms with Gasteiger partial charge in [-0.3, -0.25) is 4.79 Å². The molecule has 0 aliphatic heterocycles. The van der Waals surface area contributed by atoms with Crippen LogP contribution in [0, 0.1) is 11.3 Å². The zero-order valence-corrected chi connectivity index (χ0v) is 13.2. The van der Waals surface area contributed by atoms with Crippen molar-refractivity contribution in [2.75, 3.05) is 12.4 Å². The van der Waals surface area contributed by atoms with Crippen molar-refractivity contribution < 1.29 is 23.0 Å². The highest BCUT2D eigenvalue weighted by Gasteiger charge is 2.10. The SMILES string of the molecule is COc1cc(C=CC(=O)Nc2ccc(C#N)cc2)ccc1OC(F)F. The molecule has 0 saturated heterocycles. The van der Waals surface area contributed by atoms with E-state index in [1.54, 1.807) is 24.3 Å². The lowest BCUT2D eigenvalue weighted by molar-refractivity contribution is -0.111. The number of alkyl halides is 2. The summed E-state index contributed by atoms with van der Waals surface area (Å²) in [6.45, 7) is -2.95. The summed E-state index contributed by atoms with van der Waals surface area (Å²) in [6.07, 6.45) is 2.80. The van der Waals surface area contributed by atoms with Crippen LogP contribution in [0.3, 0.4) is 0 Å². The van der Waals surface area contributed by atoms with Gasteiger partial charge in [0.05, 0.1) is 18.7 Å². The van der Waals surface area contributed by atoms with Crippen molar-refractivity contribution in [3.05, 3.63) is 59.7 Å². The minimum absolute atomic E-state index is 0.0864. The highest BCUT2D eigenvalue weighted by molar-refractivity contribution is 6.01. The Morgan fingerprint density at radius 2 is 1.92 bits per heavy atom. The van der Waals surface area contributed by atoms with Gasteiger partial charge >= 0.3 is 6.61 Å². The first-order valence-corrected chi connectivity index (χ1v) is 7.14. The number of nitrogens with zero attached hydrogens (tertiary/aromatic N) is 1. The molecule has 0 heterocycles. The molecule has 0 bridgehead atoms. The Morgan fingerprint density at radius 3 is 2.52 bits per heavy atom. The van der Waals surface area contributed by atoms with Crippen molar-refractivity contribution in [2.24, 2.45) is 0 Å². The van der Waals surface area contributed by atoms with Crippen LogP contribution >= 0.6 is 0 Å². The maximum absolute atomic E-state index is 12.3. The van der Waals surface area contributed by atoms with E-state index in [9.17, 15) is 13.6 Å². The summed E-state index contributed by atoms with van der Waals surface area (Å²) in [5.41, 5.74) is 1.62. The maximum Gasteiger partial charge on any atom is 0.387 e. The van der Waals surface area contributed by atoms with Crippen molar-refractivity contribution in [3.8, 4) is 17.6 Å². The lowest BCUT2D eigenvalue weighted by atomic mass is 10.2. The molecular formula is C18H14F2N2O3. The molecule has 5 nitrogen and oxygen atoms in total. The molecule has 1 N–H and O–H groups in total. The Labute approximate surface area is 143 Å². The summed E-state index contributed by atoms with van der Waals surface area (Å²) in [5, 5.41) is 11.4. The van der Waals surface area contributed by atoms with E-state index in [0.717, 1.165) is 0 Å². The topological polar surface area (TPSA) is 71.3 Å². The lowest BCUT2D eigenvalue weighted by Crippen LogP contribution is -2.07. The average molecular weight is 344 g/mol. The first-order valence-electron chi connectivity index (χ1n) is 7.14. The van der Waals surface area contributed by atoms with Gasteiger partial charge in [0.2, 0.25) is 5.91 Å². The highest BCUT2D eigenvalue weighted by Crippen LogP contribution is 2.29. The fraction of sp³-hybridized carbons (Fsp3) is 0.111. The van der Waals surface area contributed by atoms with Crippen molar-refractivity contribution in [2.45, 2.75) is 6.61 Å². The van der Waals surface area contributed by atoms with Crippen molar-refractivity contribution >= 4 is 17.7 Å². The average Bonchev–Trinajstić information content (AvgIpc) is 2.61. The largest absolute Gasteiger partial charge is 0.493 e. The molecular weight excluding hydrogens is 330 g/mol. The number of hydrogen-bond acceptors (Lipinski definition) is 4. The third-order valence-corrected chi connectivity index (χ3v) is 3.11. The van der Waals surface area contributed by atoms with Crippen molar-refractivity contribution in [3.63, 3.8) is 0 Å². The molecule has 0 unspecified atom stereocenters. The molecule has 0 saturated carbocycles. The first-order chi connectivity index (χ1) is 12.0. The summed E-state index contributed by atoms with van der Waals surface area (Å²) < 4.78 is 33.9. The third-order valence-electron chi connectivity index (χ3n) is 3.11. The molecule has 1 amide bonds. The zero-order chi connectivity index (χ0) is 18.2. The van der Waals surface area contributed by atoms with E-state index in [1.165, 1.54) is 37.5 Å². The number of halogens is 2. The highest BCUT2D eigenvalue weighted by atomic mass is 19.3. The van der Waals surface area contributed by atoms with E-state index in [4.69, 9.17) is 10.00 Å². The molecule has 7 heteroatoms. The second kappa shape index (κ2) is 8.45. The van der Waals surface area contributed by atoms with E-state index in [-0.39, 0.29) is 17.4 Å². The molecule has 0 radical (unpaired) electrons. The van der Waals surface area contributed by atoms with Gasteiger partial charge in [-0.05, 0) is 48.0 Å². The summed E-state index contributed by atoms with van der Waals surface area (Å²) in [6, 6.07) is 12.7. The maximum atomic E-state index is 12.3. The zero-order valence-electron chi connectivity index (χ0n) is 13.2. The van der Waals surface area contributed by atoms with Gasteiger partial charge in [0, 0.05) is 11.8 Å². The molecule has 0 aromatic heterocycles. The van der Waals surface area contributed by atoms with Crippen LogP contribution in [0.25, 0.3) is 6.08 Å². The molecule has 25 heavy (non-hydrogen) atoms. The van der Waals surface area contributed by atoms with Crippen LogP contribution in [0.4, 0.5) is 14.5 Å². The number of nitriles is 1. The summed E-state index contributed by atoms with van der Waals surface area (Å²) in [7, 11) is 1.33. The number of carbonyl (C=O) groups is 1. The minimum atomic E-state index is -2.95. The molecule has 128 valence electrons. The summed E-state index contributed by atoms with van der Waals surface area (Å²) >= 11 is 0. The molecule has 0 spiro atoms. The Morgan fingerprint density at radius 1 is 1.20 bits per heavy atom. The van der Waals surface area contributed by atoms with Gasteiger partial charge in [-0.15, -0.1) is 0 Å². The number of ether oxygens (including phenoxy) is 2. The van der Waals surface area contributed by atoms with Gasteiger partial charge in [0.25, 0.3) is 0 Å². The molecule has 0 atom stereocenters. The van der Waals surface area contributed by atoms with E-state index in [1.807, 2.05) is 6.07 Å². The molecule has 2 rings (SSSR count). The van der Waals surface area contributed by atoms with Gasteiger partial charge in [0.15, 0.2) is 11.5 Å². The number of hydrogen-bond donors (Lipinski definition) is 1. The Kier molecular flexibility index (Phi) is 6.07. The lowest BCUT2D eigenvalue weighted by Gasteiger charge is -2.10. The van der Waals surface area contributed by atoms with Gasteiger partial charge in [-0.1, -0.05) is 6.07 Å². The molecule has 0 aliphatic carbocycles. The second-order valence-corrected chi connectivity index (χ2v) is 4.80. The van der Waals surface area contributed by atoms with E-state index < -0.39 is 6.61 Å². The van der Waals surface area contributed by atoms with Crippen LogP contribution in [-0.2, 0) is 4.79 Å². The van der Waals surface area contributed by atoms with Gasteiger partial charge in [-0.2, -0.15) is 14.0 Å². The standard InChI is InChI=1S/C18H14F2N2O3/c1-24-16-10-12(4-8-15(16)25-18(19)20)5-9-17(23)22-14-6-2-13(11-21)3-7-14/h2-10,18H,1H3,(H,22,23). The number of amides is 1. The monoisotopic (exact) mass is 344 g/mol. The predicted molar refractivity (Wildman–Crippen MR) is 88.4 cm³/mol. The number of benzene rings is 2. The van der Waals surface area contributed by atoms with Gasteiger partial charge in [0.1, 0.15) is 0 Å². The third kappa shape index (κ3) is 5.32. The van der Waals surface area contributed by atoms with E-state index >= 15 is 0 Å². The molecule has 2 aromatic rings. The minimum Gasteiger partial charge on any atom is -0.493 e. The fourth-order valence-electron chi connectivity index (χ4n) is 1.97. The van der Waals surface area contributed by atoms with Crippen molar-refractivity contribution in [1.82, 2.24) is 0 Å². The molecule has 0 fully saturated rings. The Balaban J connectivity index is 2.04. The van der Waals surface area contributed by atoms with Crippen molar-refractivity contribution in [1.29, 1.82) is 5.26 Å². The number of carbonyl (C=O) groups excluding carboxylic acids is 1. The molecule has 0 aliphatic rings.